The maximum absolute atomic E-state index is 5.94. The number of aryl methyl sites for hydroxylation is 4. The third-order valence-corrected chi connectivity index (χ3v) is 7.13. The largest absolute Gasteiger partial charge is 0.455 e. The number of pyridine rings is 2. The van der Waals surface area contributed by atoms with E-state index >= 15 is 0 Å². The van der Waals surface area contributed by atoms with Gasteiger partial charge in [-0.3, -0.25) is 9.97 Å². The van der Waals surface area contributed by atoms with Gasteiger partial charge in [0.25, 0.3) is 0 Å². The Morgan fingerprint density at radius 3 is 1.84 bits per heavy atom. The normalized spacial score (nSPS) is 10.3. The summed E-state index contributed by atoms with van der Waals surface area (Å²) in [6.07, 6.45) is 5.02. The van der Waals surface area contributed by atoms with Gasteiger partial charge in [0, 0.05) is 31.7 Å². The van der Waals surface area contributed by atoms with Crippen molar-refractivity contribution in [2.45, 2.75) is 27.7 Å². The van der Waals surface area contributed by atoms with Gasteiger partial charge in [-0.05, 0) is 140 Å². The van der Waals surface area contributed by atoms with E-state index < -0.39 is 0 Å². The lowest BCUT2D eigenvalue weighted by atomic mass is 10.2. The number of nitrogen functional groups attached to an aromatic ring is 1. The maximum Gasteiger partial charge on any atom is 0.145 e. The molecule has 3 aromatic heterocycles. The third-order valence-electron chi connectivity index (χ3n) is 6.46. The summed E-state index contributed by atoms with van der Waals surface area (Å²) in [5, 5.41) is 4.38. The van der Waals surface area contributed by atoms with Crippen molar-refractivity contribution >= 4 is 63.1 Å². The Bertz CT molecular complexity index is 1870. The lowest BCUT2D eigenvalue weighted by Crippen LogP contribution is -1.97. The molecular weight excluding hydrogens is 687 g/mol. The Morgan fingerprint density at radius 2 is 1.27 bits per heavy atom. The zero-order chi connectivity index (χ0) is 30.3. The van der Waals surface area contributed by atoms with Gasteiger partial charge in [0.2, 0.25) is 0 Å². The first kappa shape index (κ1) is 32.4. The number of aromatic nitrogens is 4. The van der Waals surface area contributed by atoms with Crippen LogP contribution in [0.4, 0.5) is 17.2 Å². The van der Waals surface area contributed by atoms with Crippen LogP contribution in [-0.4, -0.2) is 19.9 Å². The molecule has 0 aliphatic carbocycles. The van der Waals surface area contributed by atoms with E-state index in [1.807, 2.05) is 100 Å². The zero-order valence-electron chi connectivity index (χ0n) is 24.7. The first-order chi connectivity index (χ1) is 20.7. The number of anilines is 3. The second-order valence-corrected chi connectivity index (χ2v) is 11.2. The molecule has 0 radical (unpaired) electrons. The van der Waals surface area contributed by atoms with Gasteiger partial charge in [-0.25, -0.2) is 9.97 Å². The third kappa shape index (κ3) is 8.55. The molecule has 0 saturated carbocycles. The van der Waals surface area contributed by atoms with Gasteiger partial charge in [0.1, 0.15) is 35.1 Å². The fourth-order valence-corrected chi connectivity index (χ4v) is 4.67. The molecule has 8 nitrogen and oxygen atoms in total. The summed E-state index contributed by atoms with van der Waals surface area (Å²) in [7, 11) is 0. The molecule has 10 heteroatoms. The smallest absolute Gasteiger partial charge is 0.145 e. The van der Waals surface area contributed by atoms with Crippen LogP contribution in [0.1, 0.15) is 22.5 Å². The minimum Gasteiger partial charge on any atom is -0.455 e. The molecule has 3 aromatic carbocycles. The van der Waals surface area contributed by atoms with Crippen LogP contribution in [0.25, 0.3) is 10.9 Å². The topological polar surface area (TPSA) is 108 Å². The van der Waals surface area contributed by atoms with Crippen molar-refractivity contribution in [1.29, 1.82) is 0 Å². The van der Waals surface area contributed by atoms with Gasteiger partial charge in [-0.15, -0.1) is 12.4 Å². The van der Waals surface area contributed by atoms with Crippen LogP contribution < -0.4 is 20.5 Å². The Morgan fingerprint density at radius 1 is 0.659 bits per heavy atom. The molecule has 0 bridgehead atoms. The van der Waals surface area contributed by atoms with E-state index in [-0.39, 0.29) is 12.4 Å². The van der Waals surface area contributed by atoms with Crippen molar-refractivity contribution in [3.8, 4) is 23.0 Å². The fourth-order valence-electron chi connectivity index (χ4n) is 4.18. The second-order valence-electron chi connectivity index (χ2n) is 9.99. The standard InChI is InChI=1S/C21H17IN4O.C13H14N2O.ClH/c1-13-9-16(5-8-20(13)27-17-6-3-14(2)23-11-17)26-21-18-10-15(22)4-7-19(18)24-12-25-21;1-9-7-11(14)4-6-13(9)16-12-5-3-10(2)15-8-12;/h3-12H,1-2H3,(H,24,25,26);3-8H,14H2,1-2H3;1H. The highest BCUT2D eigenvalue weighted by atomic mass is 127. The monoisotopic (exact) mass is 718 g/mol. The molecule has 0 amide bonds. The molecule has 0 unspecified atom stereocenters. The molecule has 224 valence electrons. The summed E-state index contributed by atoms with van der Waals surface area (Å²) in [6.45, 7) is 7.88. The van der Waals surface area contributed by atoms with Crippen molar-refractivity contribution in [3.63, 3.8) is 0 Å². The Hall–Kier alpha value is -4.48. The number of nitrogens with one attached hydrogen (secondary N) is 1. The minimum atomic E-state index is 0. The quantitative estimate of drug-likeness (QED) is 0.130. The number of halogens is 2. The lowest BCUT2D eigenvalue weighted by molar-refractivity contribution is 0.476. The first-order valence-corrected chi connectivity index (χ1v) is 14.7. The maximum atomic E-state index is 5.94. The number of benzene rings is 3. The van der Waals surface area contributed by atoms with Crippen molar-refractivity contribution in [2.75, 3.05) is 11.1 Å². The molecule has 0 atom stereocenters. The number of fused-ring (bicyclic) bond motifs is 1. The number of rotatable bonds is 6. The molecule has 44 heavy (non-hydrogen) atoms. The molecule has 6 aromatic rings. The number of ether oxygens (including phenoxy) is 2. The van der Waals surface area contributed by atoms with Crippen LogP contribution in [0.2, 0.25) is 0 Å². The van der Waals surface area contributed by atoms with Gasteiger partial charge >= 0.3 is 0 Å². The average molecular weight is 719 g/mol. The molecule has 0 aliphatic rings. The van der Waals surface area contributed by atoms with E-state index in [1.165, 1.54) is 0 Å². The zero-order valence-corrected chi connectivity index (χ0v) is 27.7. The molecule has 0 saturated heterocycles. The lowest BCUT2D eigenvalue weighted by Gasteiger charge is -2.12. The first-order valence-electron chi connectivity index (χ1n) is 13.6. The summed E-state index contributed by atoms with van der Waals surface area (Å²) in [6, 6.07) is 25.3. The van der Waals surface area contributed by atoms with E-state index in [0.29, 0.717) is 0 Å². The van der Waals surface area contributed by atoms with Gasteiger partial charge < -0.3 is 20.5 Å². The number of nitrogens with two attached hydrogens (primary N) is 1. The van der Waals surface area contributed by atoms with Gasteiger partial charge in [-0.2, -0.15) is 0 Å². The molecule has 6 rings (SSSR count). The molecule has 3 N–H and O–H groups in total. The number of nitrogens with zero attached hydrogens (tertiary/aromatic N) is 4. The van der Waals surface area contributed by atoms with E-state index in [4.69, 9.17) is 15.2 Å². The molecule has 0 spiro atoms. The van der Waals surface area contributed by atoms with Crippen LogP contribution in [0, 0.1) is 31.3 Å². The molecule has 0 fully saturated rings. The van der Waals surface area contributed by atoms with E-state index in [1.54, 1.807) is 18.7 Å². The second kappa shape index (κ2) is 14.8. The molecular formula is C34H32ClIN6O2. The van der Waals surface area contributed by atoms with E-state index in [2.05, 4.69) is 53.9 Å². The number of hydrogen-bond acceptors (Lipinski definition) is 8. The van der Waals surface area contributed by atoms with Crippen LogP contribution in [0.5, 0.6) is 23.0 Å². The summed E-state index contributed by atoms with van der Waals surface area (Å²) in [5.41, 5.74) is 12.2. The minimum absolute atomic E-state index is 0. The Balaban J connectivity index is 0.000000223. The SMILES string of the molecule is Cc1ccc(Oc2ccc(N)cc2C)cn1.Cc1ccc(Oc2ccc(Nc3ncnc4ccc(I)cc34)cc2C)cn1.Cl. The van der Waals surface area contributed by atoms with Gasteiger partial charge in [-0.1, -0.05) is 0 Å². The molecule has 0 aliphatic heterocycles. The van der Waals surface area contributed by atoms with Crippen LogP contribution >= 0.6 is 35.0 Å². The average Bonchev–Trinajstić information content (AvgIpc) is 2.99. The van der Waals surface area contributed by atoms with E-state index in [9.17, 15) is 0 Å². The van der Waals surface area contributed by atoms with Gasteiger partial charge in [0.15, 0.2) is 0 Å². The van der Waals surface area contributed by atoms with Crippen LogP contribution in [0.3, 0.4) is 0 Å². The highest BCUT2D eigenvalue weighted by Crippen LogP contribution is 2.30. The summed E-state index contributed by atoms with van der Waals surface area (Å²) >= 11 is 2.29. The predicted octanol–water partition coefficient (Wildman–Crippen LogP) is 9.28. The number of hydrogen-bond donors (Lipinski definition) is 2. The van der Waals surface area contributed by atoms with Gasteiger partial charge in [0.05, 0.1) is 17.9 Å². The highest BCUT2D eigenvalue weighted by molar-refractivity contribution is 14.1. The Kier molecular flexibility index (Phi) is 10.9. The van der Waals surface area contributed by atoms with Crippen molar-refractivity contribution < 1.29 is 9.47 Å². The van der Waals surface area contributed by atoms with Crippen LogP contribution in [0.15, 0.2) is 97.6 Å². The van der Waals surface area contributed by atoms with Crippen molar-refractivity contribution in [2.24, 2.45) is 0 Å². The van der Waals surface area contributed by atoms with Crippen LogP contribution in [-0.2, 0) is 0 Å². The van der Waals surface area contributed by atoms with Crippen molar-refractivity contribution in [3.05, 3.63) is 124 Å². The summed E-state index contributed by atoms with van der Waals surface area (Å²) in [5.74, 6) is 3.85. The fraction of sp³-hybridized carbons (Fsp3) is 0.118. The molecule has 3 heterocycles. The summed E-state index contributed by atoms with van der Waals surface area (Å²) in [4.78, 5) is 17.2. The predicted molar refractivity (Wildman–Crippen MR) is 188 cm³/mol. The van der Waals surface area contributed by atoms with Crippen molar-refractivity contribution in [1.82, 2.24) is 19.9 Å². The van der Waals surface area contributed by atoms with E-state index in [0.717, 1.165) is 77.2 Å². The Labute approximate surface area is 276 Å². The summed E-state index contributed by atoms with van der Waals surface area (Å²) < 4.78 is 12.8. The highest BCUT2D eigenvalue weighted by Gasteiger charge is 2.08.